The Hall–Kier alpha value is -1.75. The topological polar surface area (TPSA) is 54.9 Å². The lowest BCUT2D eigenvalue weighted by Gasteiger charge is -2.24. The van der Waals surface area contributed by atoms with Crippen molar-refractivity contribution in [2.75, 3.05) is 27.3 Å². The Morgan fingerprint density at radius 2 is 1.91 bits per heavy atom. The van der Waals surface area contributed by atoms with E-state index in [2.05, 4.69) is 35.5 Å². The van der Waals surface area contributed by atoms with Crippen molar-refractivity contribution in [3.8, 4) is 5.75 Å². The Morgan fingerprint density at radius 3 is 2.52 bits per heavy atom. The van der Waals surface area contributed by atoms with E-state index in [0.717, 1.165) is 17.3 Å². The number of benzene rings is 1. The molecule has 1 aromatic rings. The Balaban J connectivity index is 2.59. The van der Waals surface area contributed by atoms with Crippen LogP contribution in [0.5, 0.6) is 5.75 Å². The number of guanidine groups is 1. The van der Waals surface area contributed by atoms with Crippen LogP contribution >= 0.6 is 0 Å². The highest BCUT2D eigenvalue weighted by atomic mass is 16.5. The molecule has 0 bridgehead atoms. The summed E-state index contributed by atoms with van der Waals surface area (Å²) in [4.78, 5) is 4.24. The minimum absolute atomic E-state index is 0.240. The quantitative estimate of drug-likeness (QED) is 0.571. The Bertz CT molecular complexity index is 499. The van der Waals surface area contributed by atoms with Crippen molar-refractivity contribution in [1.29, 1.82) is 0 Å². The summed E-state index contributed by atoms with van der Waals surface area (Å²) < 4.78 is 11.3. The van der Waals surface area contributed by atoms with Crippen molar-refractivity contribution < 1.29 is 9.47 Å². The zero-order valence-electron chi connectivity index (χ0n) is 15.3. The monoisotopic (exact) mass is 321 g/mol. The number of hydrogen-bond donors (Lipinski definition) is 2. The van der Waals surface area contributed by atoms with E-state index >= 15 is 0 Å². The van der Waals surface area contributed by atoms with Gasteiger partial charge in [0.25, 0.3) is 0 Å². The van der Waals surface area contributed by atoms with E-state index in [0.29, 0.717) is 25.6 Å². The molecule has 0 aromatic heterocycles. The Kier molecular flexibility index (Phi) is 7.89. The first kappa shape index (κ1) is 19.3. The van der Waals surface area contributed by atoms with Gasteiger partial charge in [0, 0.05) is 32.8 Å². The molecule has 23 heavy (non-hydrogen) atoms. The molecule has 1 rings (SSSR count). The van der Waals surface area contributed by atoms with E-state index in [1.807, 2.05) is 32.0 Å². The van der Waals surface area contributed by atoms with E-state index in [9.17, 15) is 0 Å². The zero-order valence-corrected chi connectivity index (χ0v) is 15.3. The standard InChI is InChI=1S/C18H31N3O2/c1-14(2)12-23-16-10-8-7-9-15(16)11-20-17(19-5)21-13-18(3,4)22-6/h7-10,14H,11-13H2,1-6H3,(H2,19,20,21). The number of para-hydroxylation sites is 1. The van der Waals surface area contributed by atoms with E-state index in [-0.39, 0.29) is 5.60 Å². The zero-order chi connectivity index (χ0) is 17.3. The molecule has 0 saturated heterocycles. The molecular formula is C18H31N3O2. The molecule has 0 aliphatic rings. The molecule has 2 N–H and O–H groups in total. The highest BCUT2D eigenvalue weighted by molar-refractivity contribution is 5.79. The molecule has 5 nitrogen and oxygen atoms in total. The maximum atomic E-state index is 5.88. The molecule has 0 radical (unpaired) electrons. The largest absolute Gasteiger partial charge is 0.493 e. The molecule has 0 atom stereocenters. The molecule has 0 unspecified atom stereocenters. The SMILES string of the molecule is CN=C(NCc1ccccc1OCC(C)C)NCC(C)(C)OC. The van der Waals surface area contributed by atoms with E-state index < -0.39 is 0 Å². The second-order valence-electron chi connectivity index (χ2n) is 6.56. The summed E-state index contributed by atoms with van der Waals surface area (Å²) >= 11 is 0. The molecular weight excluding hydrogens is 290 g/mol. The van der Waals surface area contributed by atoms with Gasteiger partial charge in [-0.1, -0.05) is 32.0 Å². The molecule has 0 fully saturated rings. The fourth-order valence-electron chi connectivity index (χ4n) is 1.82. The van der Waals surface area contributed by atoms with Crippen LogP contribution in [-0.2, 0) is 11.3 Å². The van der Waals surface area contributed by atoms with Crippen LogP contribution in [0.15, 0.2) is 29.3 Å². The molecule has 0 aliphatic carbocycles. The fourth-order valence-corrected chi connectivity index (χ4v) is 1.82. The summed E-state index contributed by atoms with van der Waals surface area (Å²) in [6.07, 6.45) is 0. The third kappa shape index (κ3) is 7.37. The van der Waals surface area contributed by atoms with Crippen molar-refractivity contribution >= 4 is 5.96 Å². The molecule has 0 amide bonds. The van der Waals surface area contributed by atoms with Gasteiger partial charge in [0.1, 0.15) is 5.75 Å². The minimum Gasteiger partial charge on any atom is -0.493 e. The van der Waals surface area contributed by atoms with Crippen LogP contribution in [-0.4, -0.2) is 38.9 Å². The average Bonchev–Trinajstić information content (AvgIpc) is 2.53. The van der Waals surface area contributed by atoms with Crippen molar-refractivity contribution in [3.63, 3.8) is 0 Å². The van der Waals surface area contributed by atoms with Crippen LogP contribution < -0.4 is 15.4 Å². The third-order valence-electron chi connectivity index (χ3n) is 3.45. The molecule has 5 heteroatoms. The van der Waals surface area contributed by atoms with Crippen LogP contribution in [0.4, 0.5) is 0 Å². The van der Waals surface area contributed by atoms with Crippen LogP contribution in [0.2, 0.25) is 0 Å². The van der Waals surface area contributed by atoms with Gasteiger partial charge >= 0.3 is 0 Å². The fraction of sp³-hybridized carbons (Fsp3) is 0.611. The Morgan fingerprint density at radius 1 is 1.22 bits per heavy atom. The lowest BCUT2D eigenvalue weighted by Crippen LogP contribution is -2.45. The number of nitrogens with zero attached hydrogens (tertiary/aromatic N) is 1. The van der Waals surface area contributed by atoms with Crippen molar-refractivity contribution in [2.45, 2.75) is 39.8 Å². The lowest BCUT2D eigenvalue weighted by molar-refractivity contribution is 0.0268. The first-order chi connectivity index (χ1) is 10.9. The summed E-state index contributed by atoms with van der Waals surface area (Å²) in [5.74, 6) is 2.16. The first-order valence-corrected chi connectivity index (χ1v) is 8.08. The number of nitrogens with one attached hydrogen (secondary N) is 2. The van der Waals surface area contributed by atoms with E-state index in [4.69, 9.17) is 9.47 Å². The third-order valence-corrected chi connectivity index (χ3v) is 3.45. The van der Waals surface area contributed by atoms with E-state index in [1.165, 1.54) is 0 Å². The van der Waals surface area contributed by atoms with Gasteiger partial charge < -0.3 is 20.1 Å². The van der Waals surface area contributed by atoms with Gasteiger partial charge in [0.05, 0.1) is 12.2 Å². The average molecular weight is 321 g/mol. The molecule has 0 spiro atoms. The predicted octanol–water partition coefficient (Wildman–Crippen LogP) is 2.81. The van der Waals surface area contributed by atoms with Gasteiger partial charge in [0.2, 0.25) is 0 Å². The summed E-state index contributed by atoms with van der Waals surface area (Å²) in [5.41, 5.74) is 0.873. The summed E-state index contributed by atoms with van der Waals surface area (Å²) in [5, 5.41) is 6.59. The van der Waals surface area contributed by atoms with Gasteiger partial charge in [-0.2, -0.15) is 0 Å². The maximum Gasteiger partial charge on any atom is 0.191 e. The number of aliphatic imine (C=N–C) groups is 1. The number of methoxy groups -OCH3 is 1. The van der Waals surface area contributed by atoms with Crippen LogP contribution in [0.25, 0.3) is 0 Å². The van der Waals surface area contributed by atoms with Crippen molar-refractivity contribution in [3.05, 3.63) is 29.8 Å². The minimum atomic E-state index is -0.240. The number of ether oxygens (including phenoxy) is 2. The molecule has 0 heterocycles. The highest BCUT2D eigenvalue weighted by Crippen LogP contribution is 2.18. The van der Waals surface area contributed by atoms with Gasteiger partial charge in [-0.05, 0) is 25.8 Å². The van der Waals surface area contributed by atoms with Gasteiger partial charge in [-0.15, -0.1) is 0 Å². The summed E-state index contributed by atoms with van der Waals surface area (Å²) in [6.45, 7) is 10.4. The summed E-state index contributed by atoms with van der Waals surface area (Å²) in [6, 6.07) is 8.08. The second kappa shape index (κ2) is 9.40. The normalized spacial score (nSPS) is 12.4. The number of hydrogen-bond acceptors (Lipinski definition) is 3. The first-order valence-electron chi connectivity index (χ1n) is 8.08. The van der Waals surface area contributed by atoms with Crippen LogP contribution in [0, 0.1) is 5.92 Å². The maximum absolute atomic E-state index is 5.88. The predicted molar refractivity (Wildman–Crippen MR) is 96.1 cm³/mol. The molecule has 130 valence electrons. The second-order valence-corrected chi connectivity index (χ2v) is 6.56. The molecule has 0 aliphatic heterocycles. The van der Waals surface area contributed by atoms with Crippen LogP contribution in [0.1, 0.15) is 33.3 Å². The van der Waals surface area contributed by atoms with Crippen molar-refractivity contribution in [1.82, 2.24) is 10.6 Å². The van der Waals surface area contributed by atoms with Gasteiger partial charge in [-0.25, -0.2) is 0 Å². The van der Waals surface area contributed by atoms with Crippen molar-refractivity contribution in [2.24, 2.45) is 10.9 Å². The molecule has 0 saturated carbocycles. The van der Waals surface area contributed by atoms with Gasteiger partial charge in [0.15, 0.2) is 5.96 Å². The smallest absolute Gasteiger partial charge is 0.191 e. The van der Waals surface area contributed by atoms with Gasteiger partial charge in [-0.3, -0.25) is 4.99 Å². The lowest BCUT2D eigenvalue weighted by atomic mass is 10.1. The van der Waals surface area contributed by atoms with Crippen LogP contribution in [0.3, 0.4) is 0 Å². The number of rotatable bonds is 8. The van der Waals surface area contributed by atoms with E-state index in [1.54, 1.807) is 14.2 Å². The molecule has 1 aromatic carbocycles. The summed E-state index contributed by atoms with van der Waals surface area (Å²) in [7, 11) is 3.47. The highest BCUT2D eigenvalue weighted by Gasteiger charge is 2.16. The Labute approximate surface area is 140 Å².